The summed E-state index contributed by atoms with van der Waals surface area (Å²) in [6.07, 6.45) is 0. The fourth-order valence-electron chi connectivity index (χ4n) is 2.16. The van der Waals surface area contributed by atoms with Crippen molar-refractivity contribution in [2.75, 3.05) is 0 Å². The Balaban J connectivity index is 2.51. The van der Waals surface area contributed by atoms with Crippen molar-refractivity contribution in [2.45, 2.75) is 32.2 Å². The van der Waals surface area contributed by atoms with Crippen molar-refractivity contribution in [1.82, 2.24) is 0 Å². The molecule has 1 aromatic heterocycles. The van der Waals surface area contributed by atoms with Gasteiger partial charge in [0.1, 0.15) is 5.60 Å². The summed E-state index contributed by atoms with van der Waals surface area (Å²) in [5.74, 6) is 0. The fourth-order valence-corrected chi connectivity index (χ4v) is 4.70. The van der Waals surface area contributed by atoms with Crippen molar-refractivity contribution >= 4 is 35.6 Å². The predicted octanol–water partition coefficient (Wildman–Crippen LogP) is 5.43. The van der Waals surface area contributed by atoms with Crippen LogP contribution >= 0.6 is 27.3 Å². The van der Waals surface area contributed by atoms with Gasteiger partial charge in [-0.3, -0.25) is 0 Å². The molecule has 0 bridgehead atoms. The number of thiophene rings is 1. The first kappa shape index (κ1) is 15.0. The molecule has 101 valence electrons. The minimum atomic E-state index is -1.67. The molecule has 4 heteroatoms. The Bertz CT molecular complexity index is 548. The molecular formula is C15H18BrOSSi. The first-order chi connectivity index (χ1) is 8.81. The maximum atomic E-state index is 6.52. The molecule has 19 heavy (non-hydrogen) atoms. The van der Waals surface area contributed by atoms with E-state index in [0.29, 0.717) is 0 Å². The van der Waals surface area contributed by atoms with E-state index >= 15 is 0 Å². The summed E-state index contributed by atoms with van der Waals surface area (Å²) in [6, 6.07) is 10.4. The second-order valence-corrected chi connectivity index (χ2v) is 11.8. The van der Waals surface area contributed by atoms with E-state index < -0.39 is 13.9 Å². The summed E-state index contributed by atoms with van der Waals surface area (Å²) in [5.41, 5.74) is 1.96. The van der Waals surface area contributed by atoms with E-state index in [1.165, 1.54) is 11.1 Å². The Morgan fingerprint density at radius 2 is 2.00 bits per heavy atom. The lowest BCUT2D eigenvalue weighted by Crippen LogP contribution is -2.39. The molecule has 1 aromatic carbocycles. The largest absolute Gasteiger partial charge is 0.404 e. The van der Waals surface area contributed by atoms with Crippen molar-refractivity contribution < 1.29 is 4.43 Å². The SMILES string of the molecule is CC(O[Si](C)(C)C)(c1c[c]sc1)c1cccc(Br)c1. The highest BCUT2D eigenvalue weighted by molar-refractivity contribution is 9.10. The number of hydrogen-bond donors (Lipinski definition) is 0. The molecule has 0 aliphatic rings. The van der Waals surface area contributed by atoms with Gasteiger partial charge in [-0.25, -0.2) is 0 Å². The first-order valence-electron chi connectivity index (χ1n) is 6.22. The third-order valence-corrected chi connectivity index (χ3v) is 5.04. The van der Waals surface area contributed by atoms with Gasteiger partial charge in [-0.05, 0) is 61.3 Å². The van der Waals surface area contributed by atoms with Gasteiger partial charge < -0.3 is 4.43 Å². The van der Waals surface area contributed by atoms with Gasteiger partial charge in [-0.1, -0.05) is 28.1 Å². The standard InChI is InChI=1S/C15H18BrOSSi/c1-15(17-19(2,3)4,13-8-9-18-11-13)12-6-5-7-14(16)10-12/h5-8,10-11H,1-4H3. The molecular weight excluding hydrogens is 336 g/mol. The molecule has 1 radical (unpaired) electrons. The number of rotatable bonds is 4. The van der Waals surface area contributed by atoms with Crippen LogP contribution in [-0.4, -0.2) is 8.32 Å². The highest BCUT2D eigenvalue weighted by atomic mass is 79.9. The zero-order chi connectivity index (χ0) is 14.1. The molecule has 1 atom stereocenters. The van der Waals surface area contributed by atoms with E-state index in [4.69, 9.17) is 4.43 Å². The summed E-state index contributed by atoms with van der Waals surface area (Å²) in [7, 11) is -1.67. The Hall–Kier alpha value is -0.423. The lowest BCUT2D eigenvalue weighted by molar-refractivity contribution is 0.124. The van der Waals surface area contributed by atoms with Crippen LogP contribution in [0.15, 0.2) is 40.2 Å². The van der Waals surface area contributed by atoms with Gasteiger partial charge in [0, 0.05) is 9.85 Å². The van der Waals surface area contributed by atoms with E-state index in [2.05, 4.69) is 71.5 Å². The molecule has 2 aromatic rings. The minimum absolute atomic E-state index is 0.398. The van der Waals surface area contributed by atoms with Crippen LogP contribution in [0.25, 0.3) is 0 Å². The molecule has 0 aliphatic heterocycles. The summed E-state index contributed by atoms with van der Waals surface area (Å²) >= 11 is 5.14. The van der Waals surface area contributed by atoms with Crippen molar-refractivity contribution in [1.29, 1.82) is 0 Å². The van der Waals surface area contributed by atoms with Gasteiger partial charge in [0.25, 0.3) is 0 Å². The van der Waals surface area contributed by atoms with Gasteiger partial charge in [0.05, 0.1) is 0 Å². The molecule has 2 rings (SSSR count). The lowest BCUT2D eigenvalue weighted by atomic mass is 9.90. The van der Waals surface area contributed by atoms with Crippen LogP contribution < -0.4 is 0 Å². The van der Waals surface area contributed by atoms with Crippen LogP contribution in [0, 0.1) is 5.38 Å². The van der Waals surface area contributed by atoms with E-state index in [1.807, 2.05) is 12.1 Å². The maximum absolute atomic E-state index is 6.52. The van der Waals surface area contributed by atoms with E-state index in [0.717, 1.165) is 4.47 Å². The van der Waals surface area contributed by atoms with Crippen LogP contribution in [0.4, 0.5) is 0 Å². The average Bonchev–Trinajstić information content (AvgIpc) is 2.80. The monoisotopic (exact) mass is 353 g/mol. The van der Waals surface area contributed by atoms with E-state index in [1.54, 1.807) is 11.3 Å². The van der Waals surface area contributed by atoms with Gasteiger partial charge in [-0.15, -0.1) is 11.3 Å². The Labute approximate surface area is 128 Å². The van der Waals surface area contributed by atoms with E-state index in [-0.39, 0.29) is 0 Å². The van der Waals surface area contributed by atoms with Crippen molar-refractivity contribution in [2.24, 2.45) is 0 Å². The Kier molecular flexibility index (Phi) is 4.35. The summed E-state index contributed by atoms with van der Waals surface area (Å²) in [6.45, 7) is 8.82. The average molecular weight is 354 g/mol. The molecule has 1 nitrogen and oxygen atoms in total. The van der Waals surface area contributed by atoms with Gasteiger partial charge >= 0.3 is 0 Å². The molecule has 0 N–H and O–H groups in total. The number of hydrogen-bond acceptors (Lipinski definition) is 2. The zero-order valence-electron chi connectivity index (χ0n) is 11.7. The summed E-state index contributed by atoms with van der Waals surface area (Å²) < 4.78 is 7.59. The quantitative estimate of drug-likeness (QED) is 0.666. The highest BCUT2D eigenvalue weighted by Crippen LogP contribution is 2.37. The molecule has 1 unspecified atom stereocenters. The molecule has 0 aliphatic carbocycles. The van der Waals surface area contributed by atoms with Crippen LogP contribution in [0.5, 0.6) is 0 Å². The third kappa shape index (κ3) is 3.57. The topological polar surface area (TPSA) is 9.23 Å². The zero-order valence-corrected chi connectivity index (χ0v) is 15.1. The van der Waals surface area contributed by atoms with Gasteiger partial charge in [0.2, 0.25) is 0 Å². The van der Waals surface area contributed by atoms with Crippen molar-refractivity contribution in [3.05, 3.63) is 56.7 Å². The number of halogens is 1. The summed E-state index contributed by atoms with van der Waals surface area (Å²) in [4.78, 5) is 0. The first-order valence-corrected chi connectivity index (χ1v) is 11.3. The van der Waals surface area contributed by atoms with Crippen molar-refractivity contribution in [3.63, 3.8) is 0 Å². The van der Waals surface area contributed by atoms with Gasteiger partial charge in [-0.2, -0.15) is 0 Å². The van der Waals surface area contributed by atoms with Crippen LogP contribution in [0.3, 0.4) is 0 Å². The molecule has 0 saturated carbocycles. The summed E-state index contributed by atoms with van der Waals surface area (Å²) in [5, 5.41) is 5.30. The number of benzene rings is 1. The Morgan fingerprint density at radius 3 is 2.53 bits per heavy atom. The molecule has 0 spiro atoms. The lowest BCUT2D eigenvalue weighted by Gasteiger charge is -2.36. The third-order valence-electron chi connectivity index (χ3n) is 2.91. The highest BCUT2D eigenvalue weighted by Gasteiger charge is 2.35. The van der Waals surface area contributed by atoms with E-state index in [9.17, 15) is 0 Å². The van der Waals surface area contributed by atoms with Crippen molar-refractivity contribution in [3.8, 4) is 0 Å². The maximum Gasteiger partial charge on any atom is 0.185 e. The second kappa shape index (κ2) is 5.52. The molecule has 0 saturated heterocycles. The molecule has 1 heterocycles. The normalized spacial score (nSPS) is 15.2. The van der Waals surface area contributed by atoms with Crippen LogP contribution in [0.2, 0.25) is 19.6 Å². The second-order valence-electron chi connectivity index (χ2n) is 5.71. The van der Waals surface area contributed by atoms with Crippen LogP contribution in [0.1, 0.15) is 18.1 Å². The molecule has 0 fully saturated rings. The minimum Gasteiger partial charge on any atom is -0.404 e. The smallest absolute Gasteiger partial charge is 0.185 e. The van der Waals surface area contributed by atoms with Crippen LogP contribution in [-0.2, 0) is 10.0 Å². The molecule has 0 amide bonds. The predicted molar refractivity (Wildman–Crippen MR) is 88.2 cm³/mol. The fraction of sp³-hybridized carbons (Fsp3) is 0.333. The van der Waals surface area contributed by atoms with Gasteiger partial charge in [0.15, 0.2) is 8.32 Å². The Morgan fingerprint density at radius 1 is 1.26 bits per heavy atom.